The zero-order chi connectivity index (χ0) is 20.8. The minimum atomic E-state index is -1.44. The van der Waals surface area contributed by atoms with Crippen LogP contribution in [0.1, 0.15) is 65.2 Å². The fraction of sp³-hybridized carbons (Fsp3) is 0.889. The number of thioether (sulfide) groups is 1. The Kier molecular flexibility index (Phi) is 15.6. The van der Waals surface area contributed by atoms with Crippen LogP contribution in [-0.2, 0) is 19.1 Å². The molecule has 0 amide bonds. The van der Waals surface area contributed by atoms with Crippen LogP contribution in [0.15, 0.2) is 0 Å². The predicted octanol–water partition coefficient (Wildman–Crippen LogP) is 6.31. The molecule has 0 saturated carbocycles. The van der Waals surface area contributed by atoms with E-state index < -0.39 is 20.6 Å². The van der Waals surface area contributed by atoms with E-state index in [1.165, 1.54) is 0 Å². The van der Waals surface area contributed by atoms with E-state index in [2.05, 4.69) is 0 Å². The Morgan fingerprint density at radius 1 is 0.704 bits per heavy atom. The minimum Gasteiger partial charge on any atom is -0.464 e. The van der Waals surface area contributed by atoms with Crippen molar-refractivity contribution in [2.75, 3.05) is 24.7 Å². The number of hydrogen-bond acceptors (Lipinski definition) is 5. The SMILES string of the molecule is CCOC(=O)C(Cl)(Cl)CCCCCSCCCCCC(Cl)(Cl)C(=O)OCC. The van der Waals surface area contributed by atoms with E-state index in [1.54, 1.807) is 13.8 Å². The molecular weight excluding hydrogens is 454 g/mol. The lowest BCUT2D eigenvalue weighted by atomic mass is 10.1. The highest BCUT2D eigenvalue weighted by atomic mass is 35.5. The Bertz CT molecular complexity index is 396. The summed E-state index contributed by atoms with van der Waals surface area (Å²) >= 11 is 25.8. The van der Waals surface area contributed by atoms with Gasteiger partial charge in [0.25, 0.3) is 0 Å². The van der Waals surface area contributed by atoms with Gasteiger partial charge in [0.2, 0.25) is 8.67 Å². The van der Waals surface area contributed by atoms with Crippen molar-refractivity contribution in [1.29, 1.82) is 0 Å². The lowest BCUT2D eigenvalue weighted by Gasteiger charge is -2.17. The van der Waals surface area contributed by atoms with E-state index in [9.17, 15) is 9.59 Å². The number of ether oxygens (including phenoxy) is 2. The second kappa shape index (κ2) is 15.3. The molecule has 0 heterocycles. The molecule has 0 unspecified atom stereocenters. The molecule has 0 bridgehead atoms. The van der Waals surface area contributed by atoms with Crippen LogP contribution in [0.3, 0.4) is 0 Å². The summed E-state index contributed by atoms with van der Waals surface area (Å²) in [6.45, 7) is 3.99. The average Bonchev–Trinajstić information content (AvgIpc) is 2.59. The fourth-order valence-corrected chi connectivity index (χ4v) is 4.01. The van der Waals surface area contributed by atoms with Crippen LogP contribution in [0.2, 0.25) is 0 Å². The summed E-state index contributed by atoms with van der Waals surface area (Å²) in [5.74, 6) is 0.968. The van der Waals surface area contributed by atoms with Gasteiger partial charge in [-0.05, 0) is 63.9 Å². The molecule has 0 spiro atoms. The first-order chi connectivity index (χ1) is 12.7. The second-order valence-corrected chi connectivity index (χ2v) is 10.3. The average molecular weight is 484 g/mol. The molecule has 0 atom stereocenters. The standard InChI is InChI=1S/C18H30Cl4O4S/c1-3-25-15(23)17(19,20)11-7-5-9-13-27-14-10-6-8-12-18(21,22)16(24)26-4-2/h3-14H2,1-2H3. The molecule has 0 aromatic heterocycles. The van der Waals surface area contributed by atoms with Crippen molar-refractivity contribution in [3.8, 4) is 0 Å². The maximum Gasteiger partial charge on any atom is 0.342 e. The zero-order valence-electron chi connectivity index (χ0n) is 16.0. The van der Waals surface area contributed by atoms with E-state index in [-0.39, 0.29) is 13.2 Å². The van der Waals surface area contributed by atoms with Gasteiger partial charge in [0.05, 0.1) is 13.2 Å². The molecule has 160 valence electrons. The summed E-state index contributed by atoms with van der Waals surface area (Å²) in [6, 6.07) is 0. The maximum atomic E-state index is 11.6. The van der Waals surface area contributed by atoms with Crippen LogP contribution in [0.4, 0.5) is 0 Å². The van der Waals surface area contributed by atoms with E-state index >= 15 is 0 Å². The van der Waals surface area contributed by atoms with E-state index in [4.69, 9.17) is 55.9 Å². The van der Waals surface area contributed by atoms with Crippen LogP contribution in [-0.4, -0.2) is 45.3 Å². The smallest absolute Gasteiger partial charge is 0.342 e. The van der Waals surface area contributed by atoms with Gasteiger partial charge in [0.1, 0.15) is 0 Å². The van der Waals surface area contributed by atoms with Gasteiger partial charge in [-0.25, -0.2) is 9.59 Å². The zero-order valence-corrected chi connectivity index (χ0v) is 19.9. The maximum absolute atomic E-state index is 11.6. The van der Waals surface area contributed by atoms with Crippen molar-refractivity contribution in [1.82, 2.24) is 0 Å². The van der Waals surface area contributed by atoms with E-state index in [0.29, 0.717) is 12.8 Å². The molecule has 0 aromatic rings. The number of hydrogen-bond donors (Lipinski definition) is 0. The molecule has 0 aliphatic rings. The molecule has 0 rings (SSSR count). The first-order valence-corrected chi connectivity index (χ1v) is 12.0. The minimum absolute atomic E-state index is 0.274. The van der Waals surface area contributed by atoms with Crippen molar-refractivity contribution in [3.05, 3.63) is 0 Å². The topological polar surface area (TPSA) is 52.6 Å². The van der Waals surface area contributed by atoms with Crippen molar-refractivity contribution in [2.45, 2.75) is 73.9 Å². The highest BCUT2D eigenvalue weighted by Gasteiger charge is 2.35. The van der Waals surface area contributed by atoms with E-state index in [1.807, 2.05) is 11.8 Å². The molecule has 27 heavy (non-hydrogen) atoms. The molecule has 0 aliphatic carbocycles. The first-order valence-electron chi connectivity index (χ1n) is 9.35. The summed E-state index contributed by atoms with van der Waals surface area (Å²) in [6.07, 6.45) is 6.40. The largest absolute Gasteiger partial charge is 0.464 e. The number of unbranched alkanes of at least 4 members (excludes halogenated alkanes) is 4. The summed E-state index contributed by atoms with van der Waals surface area (Å²) in [5.41, 5.74) is 0. The second-order valence-electron chi connectivity index (χ2n) is 6.08. The van der Waals surface area contributed by atoms with Crippen LogP contribution >= 0.6 is 58.2 Å². The lowest BCUT2D eigenvalue weighted by Crippen LogP contribution is -2.28. The summed E-state index contributed by atoms with van der Waals surface area (Å²) in [4.78, 5) is 23.1. The van der Waals surface area contributed by atoms with Gasteiger partial charge < -0.3 is 9.47 Å². The third-order valence-corrected chi connectivity index (χ3v) is 6.23. The molecule has 0 radical (unpaired) electrons. The summed E-state index contributed by atoms with van der Waals surface area (Å²) in [5, 5.41) is 0. The van der Waals surface area contributed by atoms with Crippen molar-refractivity contribution in [2.24, 2.45) is 0 Å². The van der Waals surface area contributed by atoms with Gasteiger partial charge in [-0.1, -0.05) is 59.2 Å². The molecule has 0 saturated heterocycles. The lowest BCUT2D eigenvalue weighted by molar-refractivity contribution is -0.145. The molecule has 9 heteroatoms. The first kappa shape index (κ1) is 27.5. The molecule has 4 nitrogen and oxygen atoms in total. The van der Waals surface area contributed by atoms with Crippen LogP contribution in [0.25, 0.3) is 0 Å². The predicted molar refractivity (Wildman–Crippen MR) is 116 cm³/mol. The molecule has 0 fully saturated rings. The van der Waals surface area contributed by atoms with Crippen LogP contribution in [0.5, 0.6) is 0 Å². The van der Waals surface area contributed by atoms with Crippen LogP contribution < -0.4 is 0 Å². The molecule has 0 aliphatic heterocycles. The Morgan fingerprint density at radius 2 is 1.07 bits per heavy atom. The molecule has 0 aromatic carbocycles. The van der Waals surface area contributed by atoms with Gasteiger partial charge in [0, 0.05) is 0 Å². The van der Waals surface area contributed by atoms with Gasteiger partial charge in [-0.15, -0.1) is 0 Å². The van der Waals surface area contributed by atoms with E-state index in [0.717, 1.165) is 50.0 Å². The number of carbonyl (C=O) groups is 2. The van der Waals surface area contributed by atoms with Gasteiger partial charge in [-0.3, -0.25) is 0 Å². The Labute approximate surface area is 187 Å². The fourth-order valence-electron chi connectivity index (χ4n) is 2.24. The number of carbonyl (C=O) groups excluding carboxylic acids is 2. The number of rotatable bonds is 16. The monoisotopic (exact) mass is 482 g/mol. The number of halogens is 4. The third-order valence-electron chi connectivity index (χ3n) is 3.71. The van der Waals surface area contributed by atoms with Crippen molar-refractivity contribution in [3.63, 3.8) is 0 Å². The van der Waals surface area contributed by atoms with Gasteiger partial charge in [-0.2, -0.15) is 11.8 Å². The Hall–Kier alpha value is 0.450. The highest BCUT2D eigenvalue weighted by molar-refractivity contribution is 7.99. The number of alkyl halides is 4. The Balaban J connectivity index is 3.58. The van der Waals surface area contributed by atoms with Crippen molar-refractivity contribution < 1.29 is 19.1 Å². The molecular formula is C18H30Cl4O4S. The summed E-state index contributed by atoms with van der Waals surface area (Å²) < 4.78 is 6.82. The van der Waals surface area contributed by atoms with Crippen LogP contribution in [0, 0.1) is 0 Å². The summed E-state index contributed by atoms with van der Waals surface area (Å²) in [7, 11) is 0. The van der Waals surface area contributed by atoms with Crippen molar-refractivity contribution >= 4 is 70.1 Å². The van der Waals surface area contributed by atoms with Gasteiger partial charge >= 0.3 is 11.9 Å². The Morgan fingerprint density at radius 3 is 1.41 bits per heavy atom. The van der Waals surface area contributed by atoms with Gasteiger partial charge in [0.15, 0.2) is 0 Å². The normalized spacial score (nSPS) is 12.1. The quantitative estimate of drug-likeness (QED) is 0.146. The third kappa shape index (κ3) is 13.3. The highest BCUT2D eigenvalue weighted by Crippen LogP contribution is 2.30. The number of esters is 2. The molecule has 0 N–H and O–H groups in total.